The number of nitrogens with zero attached hydrogens (tertiary/aromatic N) is 1. The molecule has 2 aliphatic heterocycles. The summed E-state index contributed by atoms with van der Waals surface area (Å²) in [5.41, 5.74) is 0. The first kappa shape index (κ1) is 10.9. The molecule has 0 aliphatic carbocycles. The molecule has 3 heteroatoms. The highest BCUT2D eigenvalue weighted by atomic mass is 16.2. The van der Waals surface area contributed by atoms with Gasteiger partial charge >= 0.3 is 0 Å². The highest BCUT2D eigenvalue weighted by Gasteiger charge is 2.39. The molecule has 3 nitrogen and oxygen atoms in total. The van der Waals surface area contributed by atoms with Crippen LogP contribution < -0.4 is 5.32 Å². The molecule has 2 heterocycles. The second-order valence-electron chi connectivity index (χ2n) is 4.85. The Morgan fingerprint density at radius 2 is 1.93 bits per heavy atom. The lowest BCUT2D eigenvalue weighted by molar-refractivity contribution is -0.141. The fourth-order valence-corrected chi connectivity index (χ4v) is 3.21. The number of piperidine rings is 2. The van der Waals surface area contributed by atoms with Crippen LogP contribution in [-0.4, -0.2) is 36.0 Å². The highest BCUT2D eigenvalue weighted by molar-refractivity contribution is 5.76. The van der Waals surface area contributed by atoms with Crippen molar-refractivity contribution in [3.05, 3.63) is 0 Å². The van der Waals surface area contributed by atoms with Gasteiger partial charge in [-0.3, -0.25) is 4.79 Å². The summed E-state index contributed by atoms with van der Waals surface area (Å²) >= 11 is 0. The van der Waals surface area contributed by atoms with Gasteiger partial charge in [-0.05, 0) is 39.2 Å². The Morgan fingerprint density at radius 1 is 1.33 bits per heavy atom. The maximum atomic E-state index is 11.9. The Hall–Kier alpha value is -0.570. The SMILES string of the molecule is CCC(=O)N1[C@@H]2CCC[C@H]1C[C@@H](NC)C2. The van der Waals surface area contributed by atoms with E-state index >= 15 is 0 Å². The molecule has 2 rings (SSSR count). The molecule has 0 aromatic rings. The Balaban J connectivity index is 2.10. The minimum atomic E-state index is 0.360. The van der Waals surface area contributed by atoms with Crippen LogP contribution in [0.3, 0.4) is 0 Å². The molecule has 0 spiro atoms. The van der Waals surface area contributed by atoms with Gasteiger partial charge in [-0.1, -0.05) is 6.92 Å². The predicted molar refractivity (Wildman–Crippen MR) is 60.6 cm³/mol. The molecule has 2 aliphatic rings. The van der Waals surface area contributed by atoms with E-state index in [1.165, 1.54) is 19.3 Å². The van der Waals surface area contributed by atoms with Gasteiger partial charge in [0.1, 0.15) is 0 Å². The lowest BCUT2D eigenvalue weighted by atomic mass is 9.81. The summed E-state index contributed by atoms with van der Waals surface area (Å²) in [6.07, 6.45) is 6.69. The van der Waals surface area contributed by atoms with E-state index in [1.54, 1.807) is 0 Å². The van der Waals surface area contributed by atoms with Crippen LogP contribution in [0.2, 0.25) is 0 Å². The molecule has 0 aromatic heterocycles. The van der Waals surface area contributed by atoms with E-state index in [0.29, 0.717) is 30.5 Å². The molecule has 3 atom stereocenters. The first-order valence-corrected chi connectivity index (χ1v) is 6.24. The molecule has 0 radical (unpaired) electrons. The lowest BCUT2D eigenvalue weighted by Crippen LogP contribution is -2.57. The summed E-state index contributed by atoms with van der Waals surface area (Å²) in [6.45, 7) is 1.97. The van der Waals surface area contributed by atoms with E-state index in [-0.39, 0.29) is 0 Å². The van der Waals surface area contributed by atoms with Crippen LogP contribution in [0.15, 0.2) is 0 Å². The van der Waals surface area contributed by atoms with Gasteiger partial charge in [0.25, 0.3) is 0 Å². The highest BCUT2D eigenvalue weighted by Crippen LogP contribution is 2.34. The molecule has 0 unspecified atom stereocenters. The molecular weight excluding hydrogens is 188 g/mol. The van der Waals surface area contributed by atoms with E-state index in [4.69, 9.17) is 0 Å². The van der Waals surface area contributed by atoms with Crippen molar-refractivity contribution >= 4 is 5.91 Å². The van der Waals surface area contributed by atoms with Crippen LogP contribution in [0.4, 0.5) is 0 Å². The Bertz CT molecular complexity index is 228. The lowest BCUT2D eigenvalue weighted by Gasteiger charge is -2.49. The zero-order valence-corrected chi connectivity index (χ0v) is 9.83. The van der Waals surface area contributed by atoms with Crippen LogP contribution in [0, 0.1) is 0 Å². The molecule has 15 heavy (non-hydrogen) atoms. The molecule has 0 saturated carbocycles. The first-order valence-electron chi connectivity index (χ1n) is 6.24. The average Bonchev–Trinajstić information content (AvgIpc) is 2.26. The summed E-state index contributed by atoms with van der Waals surface area (Å²) in [6, 6.07) is 1.66. The van der Waals surface area contributed by atoms with Crippen molar-refractivity contribution in [2.75, 3.05) is 7.05 Å². The van der Waals surface area contributed by atoms with Gasteiger partial charge in [-0.15, -0.1) is 0 Å². The predicted octanol–water partition coefficient (Wildman–Crippen LogP) is 1.53. The van der Waals surface area contributed by atoms with Gasteiger partial charge in [-0.2, -0.15) is 0 Å². The van der Waals surface area contributed by atoms with Crippen molar-refractivity contribution in [3.8, 4) is 0 Å². The van der Waals surface area contributed by atoms with Gasteiger partial charge in [0.05, 0.1) is 0 Å². The number of nitrogens with one attached hydrogen (secondary N) is 1. The smallest absolute Gasteiger partial charge is 0.222 e. The molecule has 1 amide bonds. The largest absolute Gasteiger partial charge is 0.337 e. The molecule has 0 aromatic carbocycles. The van der Waals surface area contributed by atoms with Crippen LogP contribution in [0.5, 0.6) is 0 Å². The molecule has 86 valence electrons. The topological polar surface area (TPSA) is 32.3 Å². The summed E-state index contributed by atoms with van der Waals surface area (Å²) in [4.78, 5) is 14.1. The number of carbonyl (C=O) groups is 1. The van der Waals surface area contributed by atoms with Crippen LogP contribution in [0.1, 0.15) is 45.4 Å². The Morgan fingerprint density at radius 3 is 2.40 bits per heavy atom. The van der Waals surface area contributed by atoms with E-state index in [2.05, 4.69) is 10.2 Å². The van der Waals surface area contributed by atoms with Gasteiger partial charge in [-0.25, -0.2) is 0 Å². The number of carbonyl (C=O) groups excluding carboxylic acids is 1. The third kappa shape index (κ3) is 2.03. The summed E-state index contributed by atoms with van der Waals surface area (Å²) < 4.78 is 0. The molecule has 2 bridgehead atoms. The zero-order chi connectivity index (χ0) is 10.8. The molecular formula is C12H22N2O. The Kier molecular flexibility index (Phi) is 3.29. The maximum absolute atomic E-state index is 11.9. The summed E-state index contributed by atoms with van der Waals surface area (Å²) in [5.74, 6) is 0.360. The second-order valence-corrected chi connectivity index (χ2v) is 4.85. The van der Waals surface area contributed by atoms with Gasteiger partial charge in [0.15, 0.2) is 0 Å². The standard InChI is InChI=1S/C12H22N2O/c1-3-12(15)14-10-5-4-6-11(14)8-9(7-10)13-2/h9-11,13H,3-8H2,1-2H3/t9-,10+,11-. The van der Waals surface area contributed by atoms with Crippen molar-refractivity contribution in [2.24, 2.45) is 0 Å². The van der Waals surface area contributed by atoms with Crippen LogP contribution >= 0.6 is 0 Å². The van der Waals surface area contributed by atoms with Crippen LogP contribution in [0.25, 0.3) is 0 Å². The quantitative estimate of drug-likeness (QED) is 0.749. The monoisotopic (exact) mass is 210 g/mol. The van der Waals surface area contributed by atoms with E-state index in [0.717, 1.165) is 12.8 Å². The fourth-order valence-electron chi connectivity index (χ4n) is 3.21. The van der Waals surface area contributed by atoms with Gasteiger partial charge in [0.2, 0.25) is 5.91 Å². The fraction of sp³-hybridized carbons (Fsp3) is 0.917. The van der Waals surface area contributed by atoms with E-state index < -0.39 is 0 Å². The molecule has 2 fully saturated rings. The second kappa shape index (κ2) is 4.52. The Labute approximate surface area is 92.2 Å². The van der Waals surface area contributed by atoms with Crippen LogP contribution in [-0.2, 0) is 4.79 Å². The van der Waals surface area contributed by atoms with Crippen molar-refractivity contribution in [3.63, 3.8) is 0 Å². The van der Waals surface area contributed by atoms with Gasteiger partial charge < -0.3 is 10.2 Å². The number of hydrogen-bond donors (Lipinski definition) is 1. The number of amides is 1. The van der Waals surface area contributed by atoms with Crippen molar-refractivity contribution in [1.29, 1.82) is 0 Å². The third-order valence-corrected chi connectivity index (χ3v) is 3.97. The molecule has 1 N–H and O–H groups in total. The molecule has 2 saturated heterocycles. The maximum Gasteiger partial charge on any atom is 0.222 e. The summed E-state index contributed by atoms with van der Waals surface area (Å²) in [7, 11) is 2.04. The minimum Gasteiger partial charge on any atom is -0.337 e. The van der Waals surface area contributed by atoms with Crippen molar-refractivity contribution in [2.45, 2.75) is 63.6 Å². The normalized spacial score (nSPS) is 35.3. The minimum absolute atomic E-state index is 0.360. The number of hydrogen-bond acceptors (Lipinski definition) is 2. The van der Waals surface area contributed by atoms with Crippen molar-refractivity contribution < 1.29 is 4.79 Å². The zero-order valence-electron chi connectivity index (χ0n) is 9.83. The summed E-state index contributed by atoms with van der Waals surface area (Å²) in [5, 5.41) is 3.37. The number of fused-ring (bicyclic) bond motifs is 2. The van der Waals surface area contributed by atoms with E-state index in [9.17, 15) is 4.79 Å². The van der Waals surface area contributed by atoms with Gasteiger partial charge in [0, 0.05) is 24.5 Å². The van der Waals surface area contributed by atoms with E-state index in [1.807, 2.05) is 14.0 Å². The third-order valence-electron chi connectivity index (χ3n) is 3.97. The number of rotatable bonds is 2. The van der Waals surface area contributed by atoms with Crippen molar-refractivity contribution in [1.82, 2.24) is 10.2 Å². The average molecular weight is 210 g/mol. The first-order chi connectivity index (χ1) is 7.26.